The normalized spacial score (nSPS) is 15.9. The predicted molar refractivity (Wildman–Crippen MR) is 130 cm³/mol. The van der Waals surface area contributed by atoms with E-state index in [1.807, 2.05) is 19.1 Å². The quantitative estimate of drug-likeness (QED) is 0.448. The zero-order valence-corrected chi connectivity index (χ0v) is 19.7. The number of hydrogen-bond donors (Lipinski definition) is 1. The third-order valence-electron chi connectivity index (χ3n) is 6.38. The first kappa shape index (κ1) is 21.9. The highest BCUT2D eigenvalue weighted by atomic mass is 32.1. The van der Waals surface area contributed by atoms with Gasteiger partial charge in [-0.3, -0.25) is 4.90 Å². The second-order valence-electron chi connectivity index (χ2n) is 8.36. The summed E-state index contributed by atoms with van der Waals surface area (Å²) < 4.78 is 14.9. The van der Waals surface area contributed by atoms with Crippen molar-refractivity contribution in [1.82, 2.24) is 19.5 Å². The lowest BCUT2D eigenvalue weighted by Gasteiger charge is -2.40. The highest BCUT2D eigenvalue weighted by Gasteiger charge is 2.31. The minimum absolute atomic E-state index is 0.0788. The first-order valence-electron chi connectivity index (χ1n) is 11.5. The van der Waals surface area contributed by atoms with E-state index in [4.69, 9.17) is 0 Å². The molecule has 0 bridgehead atoms. The number of rotatable bonds is 6. The van der Waals surface area contributed by atoms with Crippen molar-refractivity contribution >= 4 is 22.0 Å². The molecule has 1 unspecified atom stereocenters. The summed E-state index contributed by atoms with van der Waals surface area (Å²) in [7, 11) is 0. The molecule has 0 saturated carbocycles. The number of fused-ring (bicyclic) bond motifs is 1. The Kier molecular flexibility index (Phi) is 6.03. The molecule has 1 fully saturated rings. The molecule has 0 radical (unpaired) electrons. The summed E-state index contributed by atoms with van der Waals surface area (Å²) in [6.07, 6.45) is 1.72. The van der Waals surface area contributed by atoms with Gasteiger partial charge in [0.1, 0.15) is 5.82 Å². The third kappa shape index (κ3) is 4.20. The van der Waals surface area contributed by atoms with E-state index in [1.165, 1.54) is 29.0 Å². The molecule has 6 nitrogen and oxygen atoms in total. The van der Waals surface area contributed by atoms with E-state index >= 15 is 0 Å². The van der Waals surface area contributed by atoms with E-state index in [2.05, 4.69) is 51.1 Å². The molecule has 2 aromatic carbocycles. The average molecular weight is 466 g/mol. The van der Waals surface area contributed by atoms with E-state index in [-0.39, 0.29) is 17.7 Å². The summed E-state index contributed by atoms with van der Waals surface area (Å²) in [6.45, 7) is 7.47. The highest BCUT2D eigenvalue weighted by Crippen LogP contribution is 2.40. The molecule has 0 spiro atoms. The van der Waals surface area contributed by atoms with Gasteiger partial charge in [-0.2, -0.15) is 4.52 Å². The third-order valence-corrected chi connectivity index (χ3v) is 7.46. The zero-order valence-electron chi connectivity index (χ0n) is 18.9. The molecule has 2 aromatic heterocycles. The number of halogens is 1. The highest BCUT2D eigenvalue weighted by molar-refractivity contribution is 7.17. The summed E-state index contributed by atoms with van der Waals surface area (Å²) in [6, 6.07) is 15.3. The Bertz CT molecular complexity index is 1230. The number of benzene rings is 2. The van der Waals surface area contributed by atoms with Gasteiger partial charge in [0.2, 0.25) is 10.8 Å². The van der Waals surface area contributed by atoms with Crippen LogP contribution < -0.4 is 4.90 Å². The molecule has 1 aliphatic rings. The lowest BCUT2D eigenvalue weighted by molar-refractivity contribution is 0.211. The summed E-state index contributed by atoms with van der Waals surface area (Å²) in [5.41, 5.74) is 3.48. The van der Waals surface area contributed by atoms with E-state index in [0.717, 1.165) is 65.9 Å². The summed E-state index contributed by atoms with van der Waals surface area (Å²) in [5.74, 6) is 0.693. The molecule has 33 heavy (non-hydrogen) atoms. The zero-order chi connectivity index (χ0) is 22.9. The standard InChI is InChI=1S/C25H28FN5OS/c1-3-17-5-7-18(8-6-17)22(23-24(32)31-25(33-23)27-21(4-2)28-31)30-15-13-29(14-16-30)20-11-9-19(26)10-12-20/h5-12,22,32H,3-4,13-16H2,1-2H3. The molecule has 3 heterocycles. The van der Waals surface area contributed by atoms with Gasteiger partial charge in [-0.1, -0.05) is 49.4 Å². The molecule has 0 amide bonds. The van der Waals surface area contributed by atoms with Crippen molar-refractivity contribution in [3.05, 3.63) is 76.2 Å². The molecule has 8 heteroatoms. The summed E-state index contributed by atoms with van der Waals surface area (Å²) >= 11 is 1.51. The second kappa shape index (κ2) is 9.11. The summed E-state index contributed by atoms with van der Waals surface area (Å²) in [4.78, 5) is 10.9. The number of aryl methyl sites for hydroxylation is 2. The molecule has 4 aromatic rings. The number of aromatic nitrogens is 3. The monoisotopic (exact) mass is 465 g/mol. The fourth-order valence-corrected chi connectivity index (χ4v) is 5.61. The topological polar surface area (TPSA) is 56.9 Å². The van der Waals surface area contributed by atoms with Gasteiger partial charge in [-0.25, -0.2) is 9.37 Å². The molecular formula is C25H28FN5OS. The number of aromatic hydroxyl groups is 1. The first-order chi connectivity index (χ1) is 16.1. The van der Waals surface area contributed by atoms with Gasteiger partial charge < -0.3 is 10.0 Å². The van der Waals surface area contributed by atoms with Crippen molar-refractivity contribution in [2.24, 2.45) is 0 Å². The van der Waals surface area contributed by atoms with Crippen LogP contribution in [0.5, 0.6) is 5.88 Å². The first-order valence-corrected chi connectivity index (χ1v) is 12.3. The van der Waals surface area contributed by atoms with Crippen LogP contribution in [-0.2, 0) is 12.8 Å². The van der Waals surface area contributed by atoms with Gasteiger partial charge in [0.05, 0.1) is 10.9 Å². The van der Waals surface area contributed by atoms with E-state index < -0.39 is 0 Å². The molecule has 0 aliphatic carbocycles. The molecular weight excluding hydrogens is 437 g/mol. The second-order valence-corrected chi connectivity index (χ2v) is 9.37. The van der Waals surface area contributed by atoms with Gasteiger partial charge in [-0.05, 0) is 41.8 Å². The van der Waals surface area contributed by atoms with Gasteiger partial charge in [0.15, 0.2) is 5.82 Å². The van der Waals surface area contributed by atoms with Gasteiger partial charge in [-0.15, -0.1) is 5.10 Å². The SMILES string of the molecule is CCc1ccc(C(c2sc3nc(CC)nn3c2O)N2CCN(c3ccc(F)cc3)CC2)cc1. The lowest BCUT2D eigenvalue weighted by atomic mass is 10.0. The van der Waals surface area contributed by atoms with E-state index in [9.17, 15) is 9.50 Å². The van der Waals surface area contributed by atoms with Crippen LogP contribution >= 0.6 is 11.3 Å². The Balaban J connectivity index is 1.46. The summed E-state index contributed by atoms with van der Waals surface area (Å²) in [5, 5.41) is 15.6. The fraction of sp³-hybridized carbons (Fsp3) is 0.360. The maximum absolute atomic E-state index is 13.3. The van der Waals surface area contributed by atoms with E-state index in [1.54, 1.807) is 4.52 Å². The molecule has 5 rings (SSSR count). The Morgan fingerprint density at radius 2 is 1.67 bits per heavy atom. The average Bonchev–Trinajstić information content (AvgIpc) is 3.40. The van der Waals surface area contributed by atoms with Crippen molar-refractivity contribution in [2.45, 2.75) is 32.7 Å². The predicted octanol–water partition coefficient (Wildman–Crippen LogP) is 4.67. The Hall–Kier alpha value is -2.97. The maximum Gasteiger partial charge on any atom is 0.230 e. The smallest absolute Gasteiger partial charge is 0.230 e. The number of hydrogen-bond acceptors (Lipinski definition) is 6. The van der Waals surface area contributed by atoms with Gasteiger partial charge >= 0.3 is 0 Å². The number of nitrogens with zero attached hydrogens (tertiary/aromatic N) is 5. The Morgan fingerprint density at radius 3 is 2.27 bits per heavy atom. The molecule has 172 valence electrons. The maximum atomic E-state index is 13.3. The Morgan fingerprint density at radius 1 is 0.970 bits per heavy atom. The van der Waals surface area contributed by atoms with Crippen LogP contribution in [0, 0.1) is 5.82 Å². The van der Waals surface area contributed by atoms with Crippen LogP contribution in [0.15, 0.2) is 48.5 Å². The minimum atomic E-state index is -0.217. The van der Waals surface area contributed by atoms with Crippen molar-refractivity contribution in [1.29, 1.82) is 0 Å². The molecule has 1 aliphatic heterocycles. The molecule has 1 N–H and O–H groups in total. The lowest BCUT2D eigenvalue weighted by Crippen LogP contribution is -2.47. The minimum Gasteiger partial charge on any atom is -0.492 e. The molecule has 1 atom stereocenters. The van der Waals surface area contributed by atoms with Gasteiger partial charge in [0.25, 0.3) is 0 Å². The van der Waals surface area contributed by atoms with Crippen molar-refractivity contribution in [2.75, 3.05) is 31.1 Å². The number of piperazine rings is 1. The van der Waals surface area contributed by atoms with Crippen LogP contribution in [-0.4, -0.2) is 50.8 Å². The van der Waals surface area contributed by atoms with Crippen molar-refractivity contribution in [3.63, 3.8) is 0 Å². The van der Waals surface area contributed by atoms with Crippen LogP contribution in [0.2, 0.25) is 0 Å². The van der Waals surface area contributed by atoms with Crippen LogP contribution in [0.4, 0.5) is 10.1 Å². The molecule has 1 saturated heterocycles. The Labute approximate surface area is 196 Å². The number of anilines is 1. The largest absolute Gasteiger partial charge is 0.492 e. The van der Waals surface area contributed by atoms with Crippen molar-refractivity contribution in [3.8, 4) is 5.88 Å². The van der Waals surface area contributed by atoms with Crippen LogP contribution in [0.3, 0.4) is 0 Å². The van der Waals surface area contributed by atoms with Crippen LogP contribution in [0.25, 0.3) is 4.96 Å². The van der Waals surface area contributed by atoms with Crippen molar-refractivity contribution < 1.29 is 9.50 Å². The fourth-order valence-electron chi connectivity index (χ4n) is 4.47. The van der Waals surface area contributed by atoms with E-state index in [0.29, 0.717) is 0 Å². The van der Waals surface area contributed by atoms with Gasteiger partial charge in [0, 0.05) is 38.3 Å². The van der Waals surface area contributed by atoms with Crippen LogP contribution in [0.1, 0.15) is 41.7 Å². The number of thiazole rings is 1.